The summed E-state index contributed by atoms with van der Waals surface area (Å²) in [6.45, 7) is 0. The van der Waals surface area contributed by atoms with Crippen molar-refractivity contribution in [2.75, 3.05) is 7.11 Å². The van der Waals surface area contributed by atoms with Crippen LogP contribution in [0.5, 0.6) is 5.75 Å². The largest absolute Gasteiger partial charge is 0.505 e. The van der Waals surface area contributed by atoms with Crippen LogP contribution in [0.4, 0.5) is 0 Å². The number of aromatic hydroxyl groups is 1. The summed E-state index contributed by atoms with van der Waals surface area (Å²) >= 11 is 0. The van der Waals surface area contributed by atoms with Gasteiger partial charge >= 0.3 is 5.97 Å². The van der Waals surface area contributed by atoms with Crippen molar-refractivity contribution in [3.63, 3.8) is 0 Å². The Morgan fingerprint density at radius 3 is 2.59 bits per heavy atom. The lowest BCUT2D eigenvalue weighted by Gasteiger charge is -2.05. The van der Waals surface area contributed by atoms with Crippen molar-refractivity contribution < 1.29 is 14.6 Å². The zero-order valence-corrected chi connectivity index (χ0v) is 9.12. The van der Waals surface area contributed by atoms with Gasteiger partial charge in [0.2, 0.25) is 0 Å². The SMILES string of the molecule is COC(=O)c1nc(-c2ccncc2)ccc1O. The molecule has 0 amide bonds. The lowest BCUT2D eigenvalue weighted by molar-refractivity contribution is 0.0590. The third-order valence-corrected chi connectivity index (χ3v) is 2.23. The van der Waals surface area contributed by atoms with Crippen molar-refractivity contribution >= 4 is 5.97 Å². The minimum atomic E-state index is -0.668. The molecule has 0 aliphatic carbocycles. The molecular weight excluding hydrogens is 220 g/mol. The maximum Gasteiger partial charge on any atom is 0.360 e. The van der Waals surface area contributed by atoms with Gasteiger partial charge in [-0.15, -0.1) is 0 Å². The van der Waals surface area contributed by atoms with Crippen LogP contribution in [0.15, 0.2) is 36.7 Å². The van der Waals surface area contributed by atoms with Gasteiger partial charge in [0.15, 0.2) is 5.69 Å². The Kier molecular flexibility index (Phi) is 3.00. The molecule has 0 radical (unpaired) electrons. The Hall–Kier alpha value is -2.43. The number of pyridine rings is 2. The fraction of sp³-hybridized carbons (Fsp3) is 0.0833. The minimum Gasteiger partial charge on any atom is -0.505 e. The van der Waals surface area contributed by atoms with Crippen LogP contribution in [0.1, 0.15) is 10.5 Å². The average molecular weight is 230 g/mol. The first kappa shape index (κ1) is 11.1. The summed E-state index contributed by atoms with van der Waals surface area (Å²) in [5.74, 6) is -0.868. The predicted molar refractivity (Wildman–Crippen MR) is 60.5 cm³/mol. The normalized spacial score (nSPS) is 9.94. The van der Waals surface area contributed by atoms with Gasteiger partial charge in [-0.2, -0.15) is 0 Å². The molecule has 2 aromatic rings. The Balaban J connectivity index is 2.48. The molecule has 0 spiro atoms. The smallest absolute Gasteiger partial charge is 0.360 e. The Morgan fingerprint density at radius 2 is 1.94 bits per heavy atom. The van der Waals surface area contributed by atoms with Gasteiger partial charge in [-0.25, -0.2) is 9.78 Å². The molecule has 0 saturated carbocycles. The standard InChI is InChI=1S/C12H10N2O3/c1-17-12(16)11-10(15)3-2-9(14-11)8-4-6-13-7-5-8/h2-7,15H,1H3. The van der Waals surface area contributed by atoms with Crippen molar-refractivity contribution in [1.82, 2.24) is 9.97 Å². The molecule has 5 nitrogen and oxygen atoms in total. The fourth-order valence-electron chi connectivity index (χ4n) is 1.38. The first-order valence-corrected chi connectivity index (χ1v) is 4.91. The molecule has 0 fully saturated rings. The number of carbonyl (C=O) groups excluding carboxylic acids is 1. The molecule has 0 aliphatic rings. The zero-order chi connectivity index (χ0) is 12.3. The van der Waals surface area contributed by atoms with Crippen LogP contribution in [0, 0.1) is 0 Å². The highest BCUT2D eigenvalue weighted by Crippen LogP contribution is 2.22. The van der Waals surface area contributed by atoms with Gasteiger partial charge in [0.05, 0.1) is 12.8 Å². The average Bonchev–Trinajstić information content (AvgIpc) is 2.39. The van der Waals surface area contributed by atoms with Gasteiger partial charge < -0.3 is 9.84 Å². The number of carbonyl (C=O) groups is 1. The van der Waals surface area contributed by atoms with Crippen LogP contribution in [-0.4, -0.2) is 28.2 Å². The summed E-state index contributed by atoms with van der Waals surface area (Å²) in [7, 11) is 1.24. The summed E-state index contributed by atoms with van der Waals surface area (Å²) in [6.07, 6.45) is 3.25. The number of hydrogen-bond donors (Lipinski definition) is 1. The number of rotatable bonds is 2. The third kappa shape index (κ3) is 2.23. The topological polar surface area (TPSA) is 72.3 Å². The lowest BCUT2D eigenvalue weighted by atomic mass is 10.1. The molecule has 86 valence electrons. The van der Waals surface area contributed by atoms with Gasteiger partial charge in [0.1, 0.15) is 5.75 Å². The number of nitrogens with zero attached hydrogens (tertiary/aromatic N) is 2. The van der Waals surface area contributed by atoms with Crippen molar-refractivity contribution in [1.29, 1.82) is 0 Å². The van der Waals surface area contributed by atoms with Gasteiger partial charge in [-0.1, -0.05) is 0 Å². The molecule has 0 aliphatic heterocycles. The molecule has 1 N–H and O–H groups in total. The first-order valence-electron chi connectivity index (χ1n) is 4.91. The quantitative estimate of drug-likeness (QED) is 0.794. The van der Waals surface area contributed by atoms with Gasteiger partial charge in [0.25, 0.3) is 0 Å². The summed E-state index contributed by atoms with van der Waals surface area (Å²) in [5, 5.41) is 9.51. The highest BCUT2D eigenvalue weighted by atomic mass is 16.5. The van der Waals surface area contributed by atoms with Gasteiger partial charge in [-0.05, 0) is 24.3 Å². The Morgan fingerprint density at radius 1 is 1.24 bits per heavy atom. The molecule has 0 unspecified atom stereocenters. The third-order valence-electron chi connectivity index (χ3n) is 2.23. The van der Waals surface area contributed by atoms with E-state index in [1.165, 1.54) is 13.2 Å². The molecule has 0 bridgehead atoms. The maximum absolute atomic E-state index is 11.4. The van der Waals surface area contributed by atoms with E-state index in [0.29, 0.717) is 5.69 Å². The maximum atomic E-state index is 11.4. The molecule has 2 heterocycles. The van der Waals surface area contributed by atoms with E-state index < -0.39 is 5.97 Å². The van der Waals surface area contributed by atoms with Gasteiger partial charge in [-0.3, -0.25) is 4.98 Å². The van der Waals surface area contributed by atoms with Crippen molar-refractivity contribution in [2.45, 2.75) is 0 Å². The van der Waals surface area contributed by atoms with E-state index in [1.807, 2.05) is 0 Å². The highest BCUT2D eigenvalue weighted by Gasteiger charge is 2.14. The summed E-state index contributed by atoms with van der Waals surface area (Å²) < 4.78 is 4.53. The van der Waals surface area contributed by atoms with E-state index in [0.717, 1.165) is 5.56 Å². The van der Waals surface area contributed by atoms with E-state index in [9.17, 15) is 9.90 Å². The van der Waals surface area contributed by atoms with Crippen LogP contribution < -0.4 is 0 Å². The highest BCUT2D eigenvalue weighted by molar-refractivity contribution is 5.90. The molecule has 17 heavy (non-hydrogen) atoms. The molecule has 0 aromatic carbocycles. The van der Waals surface area contributed by atoms with Crippen LogP contribution in [0.25, 0.3) is 11.3 Å². The molecule has 2 aromatic heterocycles. The van der Waals surface area contributed by atoms with Crippen LogP contribution in [0.2, 0.25) is 0 Å². The second-order valence-corrected chi connectivity index (χ2v) is 3.29. The van der Waals surface area contributed by atoms with E-state index in [-0.39, 0.29) is 11.4 Å². The zero-order valence-electron chi connectivity index (χ0n) is 9.12. The number of esters is 1. The molecular formula is C12H10N2O3. The summed E-state index contributed by atoms with van der Waals surface area (Å²) in [4.78, 5) is 19.3. The predicted octanol–water partition coefficient (Wildman–Crippen LogP) is 1.64. The molecule has 0 saturated heterocycles. The second-order valence-electron chi connectivity index (χ2n) is 3.29. The number of hydrogen-bond acceptors (Lipinski definition) is 5. The van der Waals surface area contributed by atoms with E-state index in [2.05, 4.69) is 14.7 Å². The van der Waals surface area contributed by atoms with E-state index >= 15 is 0 Å². The monoisotopic (exact) mass is 230 g/mol. The van der Waals surface area contributed by atoms with E-state index in [4.69, 9.17) is 0 Å². The van der Waals surface area contributed by atoms with Crippen LogP contribution in [0.3, 0.4) is 0 Å². The van der Waals surface area contributed by atoms with Gasteiger partial charge in [0, 0.05) is 18.0 Å². The van der Waals surface area contributed by atoms with Crippen LogP contribution in [-0.2, 0) is 4.74 Å². The Bertz CT molecular complexity index is 541. The molecule has 0 atom stereocenters. The lowest BCUT2D eigenvalue weighted by Crippen LogP contribution is -2.05. The summed E-state index contributed by atoms with van der Waals surface area (Å²) in [6, 6.07) is 6.56. The minimum absolute atomic E-state index is 0.0955. The summed E-state index contributed by atoms with van der Waals surface area (Å²) in [5.41, 5.74) is 1.29. The number of aromatic nitrogens is 2. The van der Waals surface area contributed by atoms with Crippen LogP contribution >= 0.6 is 0 Å². The van der Waals surface area contributed by atoms with Crippen molar-refractivity contribution in [3.05, 3.63) is 42.4 Å². The molecule has 5 heteroatoms. The Labute approximate surface area is 97.7 Å². The first-order chi connectivity index (χ1) is 8.22. The van der Waals surface area contributed by atoms with Crippen molar-refractivity contribution in [2.24, 2.45) is 0 Å². The second kappa shape index (κ2) is 4.61. The molecule has 2 rings (SSSR count). The fourth-order valence-corrected chi connectivity index (χ4v) is 1.38. The number of ether oxygens (including phenoxy) is 1. The van der Waals surface area contributed by atoms with Crippen molar-refractivity contribution in [3.8, 4) is 17.0 Å². The van der Waals surface area contributed by atoms with E-state index in [1.54, 1.807) is 30.6 Å². The number of methoxy groups -OCH3 is 1.